The third kappa shape index (κ3) is 2.40. The predicted molar refractivity (Wildman–Crippen MR) is 64.6 cm³/mol. The quantitative estimate of drug-likeness (QED) is 0.814. The van der Waals surface area contributed by atoms with Crippen molar-refractivity contribution < 1.29 is 13.7 Å². The van der Waals surface area contributed by atoms with Crippen LogP contribution in [0.15, 0.2) is 22.7 Å². The van der Waals surface area contributed by atoms with E-state index in [2.05, 4.69) is 15.5 Å². The minimum atomic E-state index is -0.466. The molecule has 1 aromatic carbocycles. The summed E-state index contributed by atoms with van der Waals surface area (Å²) in [4.78, 5) is 15.6. The molecule has 0 unspecified atom stereocenters. The molecule has 3 rings (SSSR count). The lowest BCUT2D eigenvalue weighted by molar-refractivity contribution is 0.0937. The molecule has 0 saturated heterocycles. The van der Waals surface area contributed by atoms with E-state index in [9.17, 15) is 9.18 Å². The third-order valence-electron chi connectivity index (χ3n) is 2.79. The van der Waals surface area contributed by atoms with Gasteiger partial charge in [-0.25, -0.2) is 4.39 Å². The average molecular weight is 262 g/mol. The van der Waals surface area contributed by atoms with Crippen LogP contribution in [0.5, 0.6) is 0 Å². The van der Waals surface area contributed by atoms with E-state index in [0.29, 0.717) is 5.69 Å². The van der Waals surface area contributed by atoms with E-state index < -0.39 is 11.7 Å². The number of hydrogen-bond acceptors (Lipinski definition) is 5. The molecular formula is C12H11FN4O2. The van der Waals surface area contributed by atoms with Gasteiger partial charge in [-0.15, -0.1) is 0 Å². The number of benzene rings is 1. The van der Waals surface area contributed by atoms with Crippen LogP contribution in [0, 0.1) is 5.82 Å². The molecule has 0 aliphatic heterocycles. The highest BCUT2D eigenvalue weighted by Crippen LogP contribution is 2.25. The van der Waals surface area contributed by atoms with E-state index in [0.717, 1.165) is 12.8 Å². The molecule has 0 bridgehead atoms. The SMILES string of the molecule is Nc1ccc(F)cc1-c1nc(C(=O)NC2CC2)no1. The summed E-state index contributed by atoms with van der Waals surface area (Å²) in [7, 11) is 0. The zero-order valence-electron chi connectivity index (χ0n) is 9.89. The second-order valence-electron chi connectivity index (χ2n) is 4.40. The van der Waals surface area contributed by atoms with Crippen LogP contribution in [0.4, 0.5) is 10.1 Å². The number of amides is 1. The molecule has 1 fully saturated rings. The Kier molecular flexibility index (Phi) is 2.66. The van der Waals surface area contributed by atoms with Crippen LogP contribution in [0.2, 0.25) is 0 Å². The standard InChI is InChI=1S/C12H11FN4O2/c13-6-1-4-9(14)8(5-6)12-16-10(17-19-12)11(18)15-7-2-3-7/h1,4-5,7H,2-3,14H2,(H,15,18). The van der Waals surface area contributed by atoms with Gasteiger partial charge < -0.3 is 15.6 Å². The third-order valence-corrected chi connectivity index (χ3v) is 2.79. The smallest absolute Gasteiger partial charge is 0.292 e. The van der Waals surface area contributed by atoms with Gasteiger partial charge in [0.2, 0.25) is 0 Å². The number of hydrogen-bond donors (Lipinski definition) is 2. The Bertz CT molecular complexity index is 636. The van der Waals surface area contributed by atoms with Gasteiger partial charge in [0.15, 0.2) is 0 Å². The van der Waals surface area contributed by atoms with Gasteiger partial charge in [0.1, 0.15) is 5.82 Å². The molecule has 1 heterocycles. The van der Waals surface area contributed by atoms with E-state index >= 15 is 0 Å². The topological polar surface area (TPSA) is 94.0 Å². The fraction of sp³-hybridized carbons (Fsp3) is 0.250. The fourth-order valence-corrected chi connectivity index (χ4v) is 1.62. The van der Waals surface area contributed by atoms with E-state index in [-0.39, 0.29) is 23.3 Å². The zero-order chi connectivity index (χ0) is 13.4. The van der Waals surface area contributed by atoms with Crippen molar-refractivity contribution in [3.63, 3.8) is 0 Å². The molecule has 98 valence electrons. The Labute approximate surface area is 107 Å². The number of anilines is 1. The van der Waals surface area contributed by atoms with Gasteiger partial charge in [0.05, 0.1) is 5.56 Å². The van der Waals surface area contributed by atoms with Gasteiger partial charge in [-0.05, 0) is 31.0 Å². The highest BCUT2D eigenvalue weighted by Gasteiger charge is 2.26. The lowest BCUT2D eigenvalue weighted by atomic mass is 10.2. The van der Waals surface area contributed by atoms with Crippen molar-refractivity contribution in [2.75, 3.05) is 5.73 Å². The van der Waals surface area contributed by atoms with Crippen molar-refractivity contribution in [1.82, 2.24) is 15.5 Å². The highest BCUT2D eigenvalue weighted by atomic mass is 19.1. The summed E-state index contributed by atoms with van der Waals surface area (Å²) < 4.78 is 18.1. The summed E-state index contributed by atoms with van der Waals surface area (Å²) in [6.07, 6.45) is 1.93. The molecule has 0 spiro atoms. The first-order valence-corrected chi connectivity index (χ1v) is 5.83. The number of nitrogens with one attached hydrogen (secondary N) is 1. The second kappa shape index (κ2) is 4.34. The maximum absolute atomic E-state index is 13.2. The van der Waals surface area contributed by atoms with Gasteiger partial charge in [0, 0.05) is 11.7 Å². The number of nitrogens with two attached hydrogens (primary N) is 1. The van der Waals surface area contributed by atoms with Crippen molar-refractivity contribution in [3.8, 4) is 11.5 Å². The van der Waals surface area contributed by atoms with Gasteiger partial charge >= 0.3 is 0 Å². The average Bonchev–Trinajstić information content (AvgIpc) is 3.06. The Morgan fingerprint density at radius 2 is 2.26 bits per heavy atom. The monoisotopic (exact) mass is 262 g/mol. The Morgan fingerprint density at radius 3 is 3.00 bits per heavy atom. The Morgan fingerprint density at radius 1 is 1.47 bits per heavy atom. The molecule has 19 heavy (non-hydrogen) atoms. The van der Waals surface area contributed by atoms with Crippen molar-refractivity contribution in [2.24, 2.45) is 0 Å². The maximum Gasteiger partial charge on any atom is 0.292 e. The van der Waals surface area contributed by atoms with Crippen LogP contribution in [0.25, 0.3) is 11.5 Å². The Balaban J connectivity index is 1.87. The van der Waals surface area contributed by atoms with Crippen LogP contribution in [-0.2, 0) is 0 Å². The minimum Gasteiger partial charge on any atom is -0.398 e. The van der Waals surface area contributed by atoms with E-state index in [4.69, 9.17) is 10.3 Å². The van der Waals surface area contributed by atoms with Gasteiger partial charge in [-0.1, -0.05) is 5.16 Å². The van der Waals surface area contributed by atoms with Crippen LogP contribution in [0.1, 0.15) is 23.5 Å². The zero-order valence-corrected chi connectivity index (χ0v) is 9.89. The summed E-state index contributed by atoms with van der Waals surface area (Å²) in [5, 5.41) is 6.30. The molecule has 0 radical (unpaired) electrons. The predicted octanol–water partition coefficient (Wildman–Crippen LogP) is 1.35. The lowest BCUT2D eigenvalue weighted by Gasteiger charge is -1.99. The number of carbonyl (C=O) groups excluding carboxylic acids is 1. The highest BCUT2D eigenvalue weighted by molar-refractivity contribution is 5.91. The number of halogens is 1. The minimum absolute atomic E-state index is 0.0259. The molecule has 1 aliphatic carbocycles. The normalized spacial score (nSPS) is 14.4. The summed E-state index contributed by atoms with van der Waals surface area (Å²) in [5.74, 6) is -0.914. The van der Waals surface area contributed by atoms with Crippen LogP contribution >= 0.6 is 0 Å². The first-order valence-electron chi connectivity index (χ1n) is 5.83. The first kappa shape index (κ1) is 11.6. The van der Waals surface area contributed by atoms with E-state index in [1.54, 1.807) is 0 Å². The maximum atomic E-state index is 13.2. The Hall–Kier alpha value is -2.44. The summed E-state index contributed by atoms with van der Waals surface area (Å²) >= 11 is 0. The summed E-state index contributed by atoms with van der Waals surface area (Å²) in [6.45, 7) is 0. The molecule has 1 amide bonds. The number of aromatic nitrogens is 2. The fourth-order valence-electron chi connectivity index (χ4n) is 1.62. The van der Waals surface area contributed by atoms with Crippen LogP contribution in [0.3, 0.4) is 0 Å². The van der Waals surface area contributed by atoms with Crippen molar-refractivity contribution >= 4 is 11.6 Å². The molecule has 3 N–H and O–H groups in total. The molecule has 0 atom stereocenters. The number of rotatable bonds is 3. The molecule has 1 aromatic heterocycles. The van der Waals surface area contributed by atoms with Gasteiger partial charge in [0.25, 0.3) is 17.6 Å². The van der Waals surface area contributed by atoms with Gasteiger partial charge in [-0.3, -0.25) is 4.79 Å². The molecule has 2 aromatic rings. The molecule has 6 nitrogen and oxygen atoms in total. The number of nitrogens with zero attached hydrogens (tertiary/aromatic N) is 2. The number of nitrogen functional groups attached to an aromatic ring is 1. The van der Waals surface area contributed by atoms with Crippen molar-refractivity contribution in [3.05, 3.63) is 29.8 Å². The van der Waals surface area contributed by atoms with E-state index in [1.165, 1.54) is 18.2 Å². The number of carbonyl (C=O) groups is 1. The first-order chi connectivity index (χ1) is 9.13. The molecule has 1 saturated carbocycles. The van der Waals surface area contributed by atoms with Gasteiger partial charge in [-0.2, -0.15) is 4.98 Å². The lowest BCUT2D eigenvalue weighted by Crippen LogP contribution is -2.26. The largest absolute Gasteiger partial charge is 0.398 e. The summed E-state index contributed by atoms with van der Waals surface area (Å²) in [6, 6.07) is 4.02. The van der Waals surface area contributed by atoms with Crippen LogP contribution in [-0.4, -0.2) is 22.1 Å². The van der Waals surface area contributed by atoms with Crippen LogP contribution < -0.4 is 11.1 Å². The second-order valence-corrected chi connectivity index (χ2v) is 4.40. The van der Waals surface area contributed by atoms with E-state index in [1.807, 2.05) is 0 Å². The molecule has 7 heteroatoms. The molecule has 1 aliphatic rings. The summed E-state index contributed by atoms with van der Waals surface area (Å²) in [5.41, 5.74) is 6.28. The van der Waals surface area contributed by atoms with Crippen molar-refractivity contribution in [1.29, 1.82) is 0 Å². The molecular weight excluding hydrogens is 251 g/mol. The van der Waals surface area contributed by atoms with Crippen molar-refractivity contribution in [2.45, 2.75) is 18.9 Å².